The lowest BCUT2D eigenvalue weighted by Crippen LogP contribution is -2.16. The van der Waals surface area contributed by atoms with Crippen molar-refractivity contribution >= 4 is 28.1 Å². The number of aromatic nitrogens is 3. The molecule has 0 saturated heterocycles. The first-order valence-corrected chi connectivity index (χ1v) is 8.35. The molecule has 1 aliphatic carbocycles. The fraction of sp³-hybridized carbons (Fsp3) is 0.286. The van der Waals surface area contributed by atoms with Gasteiger partial charge in [-0.15, -0.1) is 11.3 Å². The maximum atomic E-state index is 4.75. The van der Waals surface area contributed by atoms with Gasteiger partial charge in [-0.25, -0.2) is 4.98 Å². The van der Waals surface area contributed by atoms with Crippen LogP contribution in [0.3, 0.4) is 0 Å². The van der Waals surface area contributed by atoms with Crippen LogP contribution in [0.2, 0.25) is 0 Å². The van der Waals surface area contributed by atoms with Gasteiger partial charge >= 0.3 is 0 Å². The first-order chi connectivity index (χ1) is 9.90. The smallest absolute Gasteiger partial charge is 0.194 e. The summed E-state index contributed by atoms with van der Waals surface area (Å²) in [6.45, 7) is 0.885. The van der Waals surface area contributed by atoms with Crippen molar-refractivity contribution in [3.8, 4) is 0 Å². The van der Waals surface area contributed by atoms with Crippen LogP contribution in [-0.4, -0.2) is 20.4 Å². The molecule has 4 rings (SSSR count). The number of pyridine rings is 1. The maximum Gasteiger partial charge on any atom is 0.194 e. The summed E-state index contributed by atoms with van der Waals surface area (Å²) in [7, 11) is 0. The van der Waals surface area contributed by atoms with Gasteiger partial charge in [-0.1, -0.05) is 11.8 Å². The van der Waals surface area contributed by atoms with Crippen molar-refractivity contribution in [1.29, 1.82) is 0 Å². The van der Waals surface area contributed by atoms with Gasteiger partial charge in [0.05, 0.1) is 5.69 Å². The molecule has 0 spiro atoms. The molecule has 1 N–H and O–H groups in total. The average Bonchev–Trinajstić information content (AvgIpc) is 3.09. The van der Waals surface area contributed by atoms with E-state index in [4.69, 9.17) is 4.98 Å². The minimum Gasteiger partial charge on any atom is -0.308 e. The molecule has 1 aliphatic rings. The molecule has 3 aromatic heterocycles. The topological polar surface area (TPSA) is 42.2 Å². The zero-order valence-electron chi connectivity index (χ0n) is 10.8. The maximum absolute atomic E-state index is 4.75. The molecule has 0 aromatic carbocycles. The number of fused-ring (bicyclic) bond motifs is 1. The third-order valence-corrected chi connectivity index (χ3v) is 5.11. The highest BCUT2D eigenvalue weighted by Crippen LogP contribution is 2.32. The molecule has 0 unspecified atom stereocenters. The predicted octanol–water partition coefficient (Wildman–Crippen LogP) is 3.19. The highest BCUT2D eigenvalue weighted by molar-refractivity contribution is 7.99. The van der Waals surface area contributed by atoms with Crippen LogP contribution in [0.4, 0.5) is 0 Å². The van der Waals surface area contributed by atoms with Crippen LogP contribution in [0.25, 0.3) is 4.96 Å². The van der Waals surface area contributed by atoms with Crippen molar-refractivity contribution < 1.29 is 0 Å². The minimum absolute atomic E-state index is 0.706. The average molecular weight is 302 g/mol. The van der Waals surface area contributed by atoms with Crippen LogP contribution in [0.15, 0.2) is 46.0 Å². The van der Waals surface area contributed by atoms with Gasteiger partial charge in [0, 0.05) is 41.5 Å². The molecule has 3 aromatic rings. The summed E-state index contributed by atoms with van der Waals surface area (Å²) in [5.74, 6) is 0. The Kier molecular flexibility index (Phi) is 3.22. The zero-order chi connectivity index (χ0) is 13.4. The van der Waals surface area contributed by atoms with Crippen LogP contribution >= 0.6 is 23.1 Å². The lowest BCUT2D eigenvalue weighted by atomic mass is 10.4. The summed E-state index contributed by atoms with van der Waals surface area (Å²) in [5, 5.41) is 6.77. The van der Waals surface area contributed by atoms with E-state index in [1.165, 1.54) is 23.4 Å². The van der Waals surface area contributed by atoms with Crippen LogP contribution < -0.4 is 5.32 Å². The van der Waals surface area contributed by atoms with Gasteiger partial charge < -0.3 is 5.32 Å². The summed E-state index contributed by atoms with van der Waals surface area (Å²) in [4.78, 5) is 11.1. The number of thiazole rings is 1. The van der Waals surface area contributed by atoms with E-state index in [2.05, 4.69) is 26.3 Å². The quantitative estimate of drug-likeness (QED) is 0.786. The van der Waals surface area contributed by atoms with Gasteiger partial charge in [-0.2, -0.15) is 0 Å². The highest BCUT2D eigenvalue weighted by Gasteiger charge is 2.22. The van der Waals surface area contributed by atoms with E-state index in [-0.39, 0.29) is 0 Å². The standard InChI is InChI=1S/C14H14N4S2/c1-2-10(1)16-9-12-13(17-14-18(12)7-8-19-14)20-11-3-5-15-6-4-11/h3-8,10,16H,1-2,9H2. The SMILES string of the molecule is c1cc(Sc2nc3sccn3c2CNC2CC2)ccn1. The lowest BCUT2D eigenvalue weighted by Gasteiger charge is -2.05. The second-order valence-electron chi connectivity index (χ2n) is 4.86. The Morgan fingerprint density at radius 2 is 2.20 bits per heavy atom. The van der Waals surface area contributed by atoms with Crippen LogP contribution in [-0.2, 0) is 6.54 Å². The predicted molar refractivity (Wildman–Crippen MR) is 81.3 cm³/mol. The number of rotatable bonds is 5. The van der Waals surface area contributed by atoms with Gasteiger partial charge in [-0.3, -0.25) is 9.38 Å². The Morgan fingerprint density at radius 3 is 3.00 bits per heavy atom. The van der Waals surface area contributed by atoms with Gasteiger partial charge in [0.2, 0.25) is 0 Å². The molecule has 0 radical (unpaired) electrons. The third-order valence-electron chi connectivity index (χ3n) is 3.32. The molecule has 0 atom stereocenters. The zero-order valence-corrected chi connectivity index (χ0v) is 12.5. The van der Waals surface area contributed by atoms with Crippen molar-refractivity contribution in [1.82, 2.24) is 19.7 Å². The second kappa shape index (κ2) is 5.20. The van der Waals surface area contributed by atoms with E-state index in [1.807, 2.05) is 24.5 Å². The Labute approximate surface area is 125 Å². The molecule has 0 amide bonds. The first-order valence-electron chi connectivity index (χ1n) is 6.66. The summed E-state index contributed by atoms with van der Waals surface area (Å²) >= 11 is 3.39. The molecule has 20 heavy (non-hydrogen) atoms. The largest absolute Gasteiger partial charge is 0.308 e. The van der Waals surface area contributed by atoms with E-state index >= 15 is 0 Å². The monoisotopic (exact) mass is 302 g/mol. The van der Waals surface area contributed by atoms with E-state index in [1.54, 1.807) is 23.1 Å². The van der Waals surface area contributed by atoms with Crippen LogP contribution in [0, 0.1) is 0 Å². The number of nitrogens with one attached hydrogen (secondary N) is 1. The van der Waals surface area contributed by atoms with Crippen LogP contribution in [0.5, 0.6) is 0 Å². The minimum atomic E-state index is 0.706. The van der Waals surface area contributed by atoms with Crippen molar-refractivity contribution in [3.63, 3.8) is 0 Å². The highest BCUT2D eigenvalue weighted by atomic mass is 32.2. The second-order valence-corrected chi connectivity index (χ2v) is 6.79. The Bertz CT molecular complexity index is 715. The summed E-state index contributed by atoms with van der Waals surface area (Å²) in [6.07, 6.45) is 8.36. The van der Waals surface area contributed by atoms with Crippen molar-refractivity contribution in [2.45, 2.75) is 35.3 Å². The summed E-state index contributed by atoms with van der Waals surface area (Å²) in [5.41, 5.74) is 1.26. The number of hydrogen-bond donors (Lipinski definition) is 1. The molecular weight excluding hydrogens is 288 g/mol. The number of imidazole rings is 1. The first kappa shape index (κ1) is 12.4. The molecule has 1 saturated carbocycles. The summed E-state index contributed by atoms with van der Waals surface area (Å²) in [6, 6.07) is 4.75. The van der Waals surface area contributed by atoms with E-state index in [0.29, 0.717) is 6.04 Å². The molecule has 1 fully saturated rings. The van der Waals surface area contributed by atoms with Crippen molar-refractivity contribution in [3.05, 3.63) is 41.8 Å². The van der Waals surface area contributed by atoms with Crippen molar-refractivity contribution in [2.24, 2.45) is 0 Å². The molecule has 6 heteroatoms. The van der Waals surface area contributed by atoms with E-state index in [9.17, 15) is 0 Å². The molecule has 0 aliphatic heterocycles. The van der Waals surface area contributed by atoms with Gasteiger partial charge in [0.15, 0.2) is 4.96 Å². The number of hydrogen-bond acceptors (Lipinski definition) is 5. The molecule has 4 nitrogen and oxygen atoms in total. The molecular formula is C14H14N4S2. The fourth-order valence-corrected chi connectivity index (χ4v) is 3.79. The normalized spacial score (nSPS) is 15.0. The molecule has 3 heterocycles. The Balaban J connectivity index is 1.65. The number of nitrogens with zero attached hydrogens (tertiary/aromatic N) is 3. The van der Waals surface area contributed by atoms with Crippen molar-refractivity contribution in [2.75, 3.05) is 0 Å². The van der Waals surface area contributed by atoms with Crippen LogP contribution in [0.1, 0.15) is 18.5 Å². The fourth-order valence-electron chi connectivity index (χ4n) is 2.10. The Hall–Kier alpha value is -1.37. The van der Waals surface area contributed by atoms with Gasteiger partial charge in [0.1, 0.15) is 5.03 Å². The molecule has 102 valence electrons. The molecule has 0 bridgehead atoms. The van der Waals surface area contributed by atoms with Gasteiger partial charge in [0.25, 0.3) is 0 Å². The third kappa shape index (κ3) is 2.46. The lowest BCUT2D eigenvalue weighted by molar-refractivity contribution is 0.661. The van der Waals surface area contributed by atoms with E-state index in [0.717, 1.165) is 16.5 Å². The van der Waals surface area contributed by atoms with E-state index < -0.39 is 0 Å². The Morgan fingerprint density at radius 1 is 1.35 bits per heavy atom. The summed E-state index contributed by atoms with van der Waals surface area (Å²) < 4.78 is 2.20. The van der Waals surface area contributed by atoms with Gasteiger partial charge in [-0.05, 0) is 25.0 Å².